The fourth-order valence-corrected chi connectivity index (χ4v) is 4.08. The molecule has 1 aromatic heterocycles. The Morgan fingerprint density at radius 3 is 2.31 bits per heavy atom. The lowest BCUT2D eigenvalue weighted by Gasteiger charge is -2.13. The highest BCUT2D eigenvalue weighted by atomic mass is 16.1. The highest BCUT2D eigenvalue weighted by Crippen LogP contribution is 2.27. The molecule has 5 rings (SSSR count). The third kappa shape index (κ3) is 5.51. The second-order valence-corrected chi connectivity index (χ2v) is 8.47. The van der Waals surface area contributed by atoms with Gasteiger partial charge in [0.2, 0.25) is 0 Å². The molecule has 1 amide bonds. The highest BCUT2D eigenvalue weighted by molar-refractivity contribution is 6.05. The van der Waals surface area contributed by atoms with Crippen molar-refractivity contribution in [2.24, 2.45) is 0 Å². The summed E-state index contributed by atoms with van der Waals surface area (Å²) in [7, 11) is 1.93. The predicted octanol–water partition coefficient (Wildman–Crippen LogP) is 6.69. The number of amides is 1. The van der Waals surface area contributed by atoms with Gasteiger partial charge in [-0.25, -0.2) is 0 Å². The molecule has 0 radical (unpaired) electrons. The van der Waals surface area contributed by atoms with Crippen LogP contribution in [0.25, 0.3) is 10.9 Å². The molecule has 0 unspecified atom stereocenters. The molecule has 1 heterocycles. The molecular formula is C30H27N5O. The average molecular weight is 474 g/mol. The fourth-order valence-electron chi connectivity index (χ4n) is 4.08. The van der Waals surface area contributed by atoms with Gasteiger partial charge in [0.25, 0.3) is 5.91 Å². The zero-order valence-corrected chi connectivity index (χ0v) is 20.0. The highest BCUT2D eigenvalue weighted by Gasteiger charge is 2.09. The van der Waals surface area contributed by atoms with E-state index in [2.05, 4.69) is 38.4 Å². The molecule has 0 bridgehead atoms. The van der Waals surface area contributed by atoms with Crippen LogP contribution in [0.5, 0.6) is 0 Å². The number of pyridine rings is 1. The van der Waals surface area contributed by atoms with Crippen LogP contribution in [-0.2, 0) is 6.54 Å². The van der Waals surface area contributed by atoms with E-state index in [9.17, 15) is 4.79 Å². The summed E-state index contributed by atoms with van der Waals surface area (Å²) in [6, 6.07) is 33.3. The molecular weight excluding hydrogens is 446 g/mol. The summed E-state index contributed by atoms with van der Waals surface area (Å²) in [6.07, 6.45) is 1.79. The van der Waals surface area contributed by atoms with Gasteiger partial charge in [-0.1, -0.05) is 36.4 Å². The van der Waals surface area contributed by atoms with Crippen LogP contribution < -0.4 is 21.3 Å². The van der Waals surface area contributed by atoms with Crippen molar-refractivity contribution in [2.75, 3.05) is 23.0 Å². The number of anilines is 5. The van der Waals surface area contributed by atoms with Gasteiger partial charge in [0.1, 0.15) is 0 Å². The second-order valence-electron chi connectivity index (χ2n) is 8.47. The zero-order valence-electron chi connectivity index (χ0n) is 20.0. The van der Waals surface area contributed by atoms with Gasteiger partial charge in [0, 0.05) is 52.1 Å². The quantitative estimate of drug-likeness (QED) is 0.202. The van der Waals surface area contributed by atoms with Crippen molar-refractivity contribution in [3.8, 4) is 0 Å². The molecule has 0 fully saturated rings. The van der Waals surface area contributed by atoms with Crippen LogP contribution in [-0.4, -0.2) is 17.9 Å². The van der Waals surface area contributed by atoms with Crippen molar-refractivity contribution in [1.29, 1.82) is 0 Å². The van der Waals surface area contributed by atoms with Gasteiger partial charge in [-0.3, -0.25) is 9.78 Å². The molecule has 6 heteroatoms. The lowest BCUT2D eigenvalue weighted by Crippen LogP contribution is -2.12. The van der Waals surface area contributed by atoms with Crippen LogP contribution in [0.1, 0.15) is 15.9 Å². The van der Waals surface area contributed by atoms with Crippen LogP contribution in [0.2, 0.25) is 0 Å². The summed E-state index contributed by atoms with van der Waals surface area (Å²) in [6.45, 7) is 0.780. The molecule has 178 valence electrons. The molecule has 0 aliphatic heterocycles. The maximum absolute atomic E-state index is 13.0. The number of hydrogen-bond acceptors (Lipinski definition) is 5. The number of rotatable bonds is 8. The third-order valence-corrected chi connectivity index (χ3v) is 5.77. The Bertz CT molecular complexity index is 1500. The first-order valence-corrected chi connectivity index (χ1v) is 11.8. The lowest BCUT2D eigenvalue weighted by atomic mass is 10.1. The van der Waals surface area contributed by atoms with Crippen LogP contribution >= 0.6 is 0 Å². The Hall–Kier alpha value is -4.68. The number of benzene rings is 4. The number of nitrogens with zero attached hydrogens (tertiary/aromatic N) is 1. The molecule has 0 aliphatic carbocycles. The van der Waals surface area contributed by atoms with E-state index < -0.39 is 0 Å². The lowest BCUT2D eigenvalue weighted by molar-refractivity contribution is 0.102. The van der Waals surface area contributed by atoms with Crippen molar-refractivity contribution >= 4 is 45.2 Å². The number of hydrogen-bond donors (Lipinski definition) is 4. The van der Waals surface area contributed by atoms with E-state index in [1.165, 1.54) is 5.56 Å². The molecule has 0 aliphatic rings. The smallest absolute Gasteiger partial charge is 0.255 e. The van der Waals surface area contributed by atoms with Crippen molar-refractivity contribution in [2.45, 2.75) is 6.54 Å². The first kappa shape index (κ1) is 23.1. The van der Waals surface area contributed by atoms with Gasteiger partial charge in [0.15, 0.2) is 0 Å². The van der Waals surface area contributed by atoms with Gasteiger partial charge in [0.05, 0.1) is 5.52 Å². The largest absolute Gasteiger partial charge is 0.355 e. The monoisotopic (exact) mass is 473 g/mol. The van der Waals surface area contributed by atoms with Crippen molar-refractivity contribution in [3.05, 3.63) is 120 Å². The van der Waals surface area contributed by atoms with E-state index in [-0.39, 0.29) is 5.91 Å². The number of nitrogens with one attached hydrogen (secondary N) is 4. The average Bonchev–Trinajstić information content (AvgIpc) is 2.90. The summed E-state index contributed by atoms with van der Waals surface area (Å²) in [5.74, 6) is -0.175. The Balaban J connectivity index is 1.32. The standard InChI is InChI=1S/C30H27N5O/c1-31-20-21-13-14-28-27(17-21)29(15-16-32-28)34-24-10-5-7-22(18-24)30(36)35-26-12-6-11-25(19-26)33-23-8-3-2-4-9-23/h2-19,31,33H,20H2,1H3,(H,32,34)(H,35,36). The van der Waals surface area contributed by atoms with Gasteiger partial charge in [-0.2, -0.15) is 0 Å². The van der Waals surface area contributed by atoms with Gasteiger partial charge in [-0.15, -0.1) is 0 Å². The maximum atomic E-state index is 13.0. The third-order valence-electron chi connectivity index (χ3n) is 5.77. The minimum atomic E-state index is -0.175. The number of carbonyl (C=O) groups is 1. The van der Waals surface area contributed by atoms with Crippen molar-refractivity contribution in [1.82, 2.24) is 10.3 Å². The summed E-state index contributed by atoms with van der Waals surface area (Å²) in [5.41, 5.74) is 7.03. The first-order chi connectivity index (χ1) is 17.7. The minimum Gasteiger partial charge on any atom is -0.355 e. The van der Waals surface area contributed by atoms with E-state index in [1.807, 2.05) is 98.0 Å². The molecule has 0 saturated heterocycles. The fraction of sp³-hybridized carbons (Fsp3) is 0.0667. The number of fused-ring (bicyclic) bond motifs is 1. The van der Waals surface area contributed by atoms with Crippen molar-refractivity contribution in [3.63, 3.8) is 0 Å². The summed E-state index contributed by atoms with van der Waals surface area (Å²) in [4.78, 5) is 17.5. The van der Waals surface area contributed by atoms with Gasteiger partial charge >= 0.3 is 0 Å². The molecule has 0 atom stereocenters. The second kappa shape index (κ2) is 10.7. The molecule has 6 nitrogen and oxygen atoms in total. The Kier molecular flexibility index (Phi) is 6.87. The SMILES string of the molecule is CNCc1ccc2nccc(Nc3cccc(C(=O)Nc4cccc(Nc5ccccc5)c4)c3)c2c1. The van der Waals surface area contributed by atoms with Gasteiger partial charge < -0.3 is 21.3 Å². The summed E-state index contributed by atoms with van der Waals surface area (Å²) in [5, 5.41) is 14.0. The van der Waals surface area contributed by atoms with Crippen molar-refractivity contribution < 1.29 is 4.79 Å². The maximum Gasteiger partial charge on any atom is 0.255 e. The Morgan fingerprint density at radius 1 is 0.722 bits per heavy atom. The Morgan fingerprint density at radius 2 is 1.47 bits per heavy atom. The minimum absolute atomic E-state index is 0.175. The van der Waals surface area contributed by atoms with Crippen LogP contribution in [0.3, 0.4) is 0 Å². The zero-order chi connectivity index (χ0) is 24.7. The van der Waals surface area contributed by atoms with Gasteiger partial charge in [-0.05, 0) is 79.3 Å². The normalized spacial score (nSPS) is 10.7. The number of para-hydroxylation sites is 1. The predicted molar refractivity (Wildman–Crippen MR) is 148 cm³/mol. The Labute approximate surface area is 210 Å². The first-order valence-electron chi connectivity index (χ1n) is 11.8. The van der Waals surface area contributed by atoms with E-state index >= 15 is 0 Å². The number of carbonyl (C=O) groups excluding carboxylic acids is 1. The summed E-state index contributed by atoms with van der Waals surface area (Å²) < 4.78 is 0. The molecule has 36 heavy (non-hydrogen) atoms. The summed E-state index contributed by atoms with van der Waals surface area (Å²) >= 11 is 0. The van der Waals surface area contributed by atoms with Crippen LogP contribution in [0, 0.1) is 0 Å². The number of aromatic nitrogens is 1. The van der Waals surface area contributed by atoms with E-state index in [1.54, 1.807) is 6.20 Å². The topological polar surface area (TPSA) is 78.1 Å². The molecule has 0 spiro atoms. The molecule has 4 N–H and O–H groups in total. The van der Waals surface area contributed by atoms with E-state index in [0.29, 0.717) is 5.56 Å². The van der Waals surface area contributed by atoms with E-state index in [4.69, 9.17) is 0 Å². The van der Waals surface area contributed by atoms with Crippen LogP contribution in [0.4, 0.5) is 28.4 Å². The molecule has 0 saturated carbocycles. The van der Waals surface area contributed by atoms with E-state index in [0.717, 1.165) is 45.9 Å². The molecule has 5 aromatic rings. The van der Waals surface area contributed by atoms with Crippen LogP contribution in [0.15, 0.2) is 109 Å². The molecule has 4 aromatic carbocycles.